The van der Waals surface area contributed by atoms with Crippen LogP contribution in [0.3, 0.4) is 0 Å². The number of nitrogens with one attached hydrogen (secondary N) is 1. The number of anilines is 1. The zero-order chi connectivity index (χ0) is 13.3. The van der Waals surface area contributed by atoms with Crippen LogP contribution in [-0.4, -0.2) is 17.8 Å². The van der Waals surface area contributed by atoms with E-state index in [1.165, 1.54) is 0 Å². The molecule has 0 unspecified atom stereocenters. The van der Waals surface area contributed by atoms with Crippen LogP contribution in [0.1, 0.15) is 11.4 Å². The van der Waals surface area contributed by atoms with Crippen molar-refractivity contribution >= 4 is 42.6 Å². The summed E-state index contributed by atoms with van der Waals surface area (Å²) in [5.74, 6) is 0.545. The molecule has 1 aromatic carbocycles. The van der Waals surface area contributed by atoms with Crippen LogP contribution < -0.4 is 4.72 Å². The molecule has 0 saturated heterocycles. The Kier molecular flexibility index (Phi) is 3.69. The molecule has 1 N–H and O–H groups in total. The molecule has 0 aliphatic heterocycles. The van der Waals surface area contributed by atoms with Gasteiger partial charge in [0.15, 0.2) is 0 Å². The van der Waals surface area contributed by atoms with E-state index in [1.54, 1.807) is 32.0 Å². The van der Waals surface area contributed by atoms with Gasteiger partial charge < -0.3 is 0 Å². The predicted octanol–water partition coefficient (Wildman–Crippen LogP) is 2.72. The van der Waals surface area contributed by atoms with Crippen molar-refractivity contribution in [1.29, 1.82) is 0 Å². The summed E-state index contributed by atoms with van der Waals surface area (Å²) >= 11 is 4.28. The molecule has 0 fully saturated rings. The number of halogens is 1. The first-order valence-electron chi connectivity index (χ1n) is 4.98. The Morgan fingerprint density at radius 2 is 2.06 bits per heavy atom. The fraction of sp³-hybridized carbons (Fsp3) is 0.200. The summed E-state index contributed by atoms with van der Waals surface area (Å²) in [7, 11) is -3.63. The van der Waals surface area contributed by atoms with E-state index < -0.39 is 10.0 Å². The lowest BCUT2D eigenvalue weighted by Gasteiger charge is -2.08. The summed E-state index contributed by atoms with van der Waals surface area (Å²) in [6, 6.07) is 5.10. The van der Waals surface area contributed by atoms with Gasteiger partial charge >= 0.3 is 0 Å². The van der Waals surface area contributed by atoms with Gasteiger partial charge in [-0.15, -0.1) is 0 Å². The summed E-state index contributed by atoms with van der Waals surface area (Å²) in [6.45, 7) is 3.45. The standard InChI is InChI=1S/C10H10BrN3O2S2/c1-6-3-4-8(11)5-9(6)18(15,16)14-10-12-7(2)13-17-10/h3-5H,1-2H3,(H,12,13,14). The average Bonchev–Trinajstić information content (AvgIpc) is 2.66. The Balaban J connectivity index is 2.39. The van der Waals surface area contributed by atoms with Crippen molar-refractivity contribution in [3.63, 3.8) is 0 Å². The number of hydrogen-bond donors (Lipinski definition) is 1. The fourth-order valence-corrected chi connectivity index (χ4v) is 3.95. The average molecular weight is 348 g/mol. The van der Waals surface area contributed by atoms with Crippen LogP contribution in [0.2, 0.25) is 0 Å². The van der Waals surface area contributed by atoms with Crippen molar-refractivity contribution in [2.24, 2.45) is 0 Å². The molecule has 2 aromatic rings. The molecule has 0 atom stereocenters. The van der Waals surface area contributed by atoms with Gasteiger partial charge in [-0.1, -0.05) is 22.0 Å². The fourth-order valence-electron chi connectivity index (χ4n) is 1.37. The van der Waals surface area contributed by atoms with Gasteiger partial charge in [0.1, 0.15) is 5.82 Å². The Bertz CT molecular complexity index is 682. The van der Waals surface area contributed by atoms with E-state index in [0.717, 1.165) is 11.5 Å². The van der Waals surface area contributed by atoms with Gasteiger partial charge in [0.25, 0.3) is 10.0 Å². The molecule has 1 aromatic heterocycles. The Hall–Kier alpha value is -0.990. The summed E-state index contributed by atoms with van der Waals surface area (Å²) < 4.78 is 31.4. The van der Waals surface area contributed by atoms with Crippen LogP contribution in [0.5, 0.6) is 0 Å². The Morgan fingerprint density at radius 3 is 2.67 bits per heavy atom. The first-order valence-corrected chi connectivity index (χ1v) is 8.03. The van der Waals surface area contributed by atoms with E-state index in [9.17, 15) is 8.42 Å². The number of nitrogens with zero attached hydrogens (tertiary/aromatic N) is 2. The largest absolute Gasteiger partial charge is 0.264 e. The van der Waals surface area contributed by atoms with Gasteiger partial charge in [-0.05, 0) is 31.5 Å². The molecule has 0 bridgehead atoms. The Labute approximate surface area is 118 Å². The van der Waals surface area contributed by atoms with Crippen molar-refractivity contribution in [2.75, 3.05) is 4.72 Å². The zero-order valence-electron chi connectivity index (χ0n) is 9.64. The van der Waals surface area contributed by atoms with Crippen molar-refractivity contribution < 1.29 is 8.42 Å². The third kappa shape index (κ3) is 2.88. The molecule has 0 aliphatic carbocycles. The SMILES string of the molecule is Cc1nsc(NS(=O)(=O)c2cc(Br)ccc2C)n1. The van der Waals surface area contributed by atoms with E-state index in [2.05, 4.69) is 30.0 Å². The highest BCUT2D eigenvalue weighted by atomic mass is 79.9. The van der Waals surface area contributed by atoms with Crippen molar-refractivity contribution in [2.45, 2.75) is 18.7 Å². The van der Waals surface area contributed by atoms with Crippen LogP contribution in [0.15, 0.2) is 27.6 Å². The molecular weight excluding hydrogens is 338 g/mol. The smallest absolute Gasteiger partial charge is 0.253 e. The second kappa shape index (κ2) is 4.94. The van der Waals surface area contributed by atoms with E-state index in [4.69, 9.17) is 0 Å². The van der Waals surface area contributed by atoms with Crippen LogP contribution in [0.25, 0.3) is 0 Å². The van der Waals surface area contributed by atoms with Gasteiger partial charge in [0.2, 0.25) is 5.13 Å². The number of rotatable bonds is 3. The predicted molar refractivity (Wildman–Crippen MR) is 74.3 cm³/mol. The molecule has 5 nitrogen and oxygen atoms in total. The van der Waals surface area contributed by atoms with E-state index in [1.807, 2.05) is 0 Å². The second-order valence-corrected chi connectivity index (χ2v) is 6.98. The highest BCUT2D eigenvalue weighted by molar-refractivity contribution is 9.10. The first-order chi connectivity index (χ1) is 8.38. The summed E-state index contributed by atoms with van der Waals surface area (Å²) in [4.78, 5) is 4.21. The number of hydrogen-bond acceptors (Lipinski definition) is 5. The van der Waals surface area contributed by atoms with Crippen molar-refractivity contribution in [3.8, 4) is 0 Å². The van der Waals surface area contributed by atoms with E-state index in [-0.39, 0.29) is 10.0 Å². The highest BCUT2D eigenvalue weighted by Crippen LogP contribution is 2.23. The molecule has 18 heavy (non-hydrogen) atoms. The molecule has 2 rings (SSSR count). The minimum atomic E-state index is -3.63. The maximum Gasteiger partial charge on any atom is 0.264 e. The van der Waals surface area contributed by atoms with E-state index in [0.29, 0.717) is 15.9 Å². The Morgan fingerprint density at radius 1 is 1.33 bits per heavy atom. The molecule has 0 saturated carbocycles. The van der Waals surface area contributed by atoms with E-state index >= 15 is 0 Å². The van der Waals surface area contributed by atoms with Crippen LogP contribution in [0.4, 0.5) is 5.13 Å². The number of aryl methyl sites for hydroxylation is 2. The van der Waals surface area contributed by atoms with Gasteiger partial charge in [-0.25, -0.2) is 13.4 Å². The molecule has 0 amide bonds. The molecule has 0 spiro atoms. The summed E-state index contributed by atoms with van der Waals surface area (Å²) in [5, 5.41) is 0.270. The highest BCUT2D eigenvalue weighted by Gasteiger charge is 2.19. The summed E-state index contributed by atoms with van der Waals surface area (Å²) in [6.07, 6.45) is 0. The van der Waals surface area contributed by atoms with Crippen LogP contribution >= 0.6 is 27.5 Å². The van der Waals surface area contributed by atoms with Crippen molar-refractivity contribution in [3.05, 3.63) is 34.1 Å². The number of benzene rings is 1. The zero-order valence-corrected chi connectivity index (χ0v) is 12.9. The van der Waals surface area contributed by atoms with Gasteiger partial charge in [0, 0.05) is 16.0 Å². The monoisotopic (exact) mass is 347 g/mol. The molecule has 8 heteroatoms. The van der Waals surface area contributed by atoms with Crippen LogP contribution in [-0.2, 0) is 10.0 Å². The summed E-state index contributed by atoms with van der Waals surface area (Å²) in [5.41, 5.74) is 0.673. The lowest BCUT2D eigenvalue weighted by Crippen LogP contribution is -2.14. The van der Waals surface area contributed by atoms with Gasteiger partial charge in [-0.2, -0.15) is 4.37 Å². The van der Waals surface area contributed by atoms with Gasteiger partial charge in [0.05, 0.1) is 4.90 Å². The first kappa shape index (κ1) is 13.4. The second-order valence-electron chi connectivity index (χ2n) is 3.66. The molecule has 1 heterocycles. The minimum Gasteiger partial charge on any atom is -0.253 e. The third-order valence-electron chi connectivity index (χ3n) is 2.19. The van der Waals surface area contributed by atoms with Gasteiger partial charge in [-0.3, -0.25) is 4.72 Å². The normalized spacial score (nSPS) is 11.5. The minimum absolute atomic E-state index is 0.227. The molecule has 0 aliphatic rings. The quantitative estimate of drug-likeness (QED) is 0.926. The number of sulfonamides is 1. The topological polar surface area (TPSA) is 72.0 Å². The van der Waals surface area contributed by atoms with Crippen molar-refractivity contribution in [1.82, 2.24) is 9.36 Å². The molecule has 0 radical (unpaired) electrons. The lowest BCUT2D eigenvalue weighted by atomic mass is 10.2. The maximum atomic E-state index is 12.2. The lowest BCUT2D eigenvalue weighted by molar-refractivity contribution is 0.600. The number of aromatic nitrogens is 2. The van der Waals surface area contributed by atoms with Crippen LogP contribution in [0, 0.1) is 13.8 Å². The molecular formula is C10H10BrN3O2S2. The third-order valence-corrected chi connectivity index (χ3v) is 5.01. The molecule has 96 valence electrons. The maximum absolute atomic E-state index is 12.2.